The van der Waals surface area contributed by atoms with Crippen molar-refractivity contribution >= 4 is 17.4 Å². The van der Waals surface area contributed by atoms with Crippen LogP contribution in [0.15, 0.2) is 6.33 Å². The average molecular weight is 195 g/mol. The molecule has 5 heteroatoms. The van der Waals surface area contributed by atoms with E-state index in [9.17, 15) is 0 Å². The van der Waals surface area contributed by atoms with E-state index in [4.69, 9.17) is 11.6 Å². The summed E-state index contributed by atoms with van der Waals surface area (Å²) in [6.07, 6.45) is 4.63. The number of fused-ring (bicyclic) bond motifs is 2. The summed E-state index contributed by atoms with van der Waals surface area (Å²) < 4.78 is 1.59. The molecule has 2 heterocycles. The van der Waals surface area contributed by atoms with Crippen molar-refractivity contribution in [2.75, 3.05) is 0 Å². The van der Waals surface area contributed by atoms with Crippen molar-refractivity contribution in [1.82, 2.24) is 19.6 Å². The normalized spacial score (nSPS) is 15.2. The largest absolute Gasteiger partial charge is 0.253 e. The van der Waals surface area contributed by atoms with Crippen molar-refractivity contribution in [3.05, 3.63) is 22.7 Å². The third kappa shape index (κ3) is 0.891. The molecule has 2 aromatic heterocycles. The van der Waals surface area contributed by atoms with Gasteiger partial charge in [0.05, 0.1) is 5.69 Å². The molecule has 3 rings (SSSR count). The summed E-state index contributed by atoms with van der Waals surface area (Å²) in [4.78, 5) is 8.39. The first-order valence-corrected chi connectivity index (χ1v) is 4.61. The molecule has 0 fully saturated rings. The molecule has 0 amide bonds. The van der Waals surface area contributed by atoms with Crippen LogP contribution in [-0.2, 0) is 12.8 Å². The van der Waals surface area contributed by atoms with Gasteiger partial charge in [-0.2, -0.15) is 14.6 Å². The van der Waals surface area contributed by atoms with Crippen molar-refractivity contribution in [2.24, 2.45) is 0 Å². The summed E-state index contributed by atoms with van der Waals surface area (Å²) in [5, 5.41) is 4.68. The molecule has 0 saturated carbocycles. The molecule has 0 N–H and O–H groups in total. The minimum Gasteiger partial charge on any atom is -0.216 e. The fourth-order valence-electron chi connectivity index (χ4n) is 1.77. The topological polar surface area (TPSA) is 43.1 Å². The Kier molecular flexibility index (Phi) is 1.35. The van der Waals surface area contributed by atoms with Gasteiger partial charge in [-0.25, -0.2) is 4.98 Å². The lowest BCUT2D eigenvalue weighted by Gasteiger charge is -2.01. The Morgan fingerprint density at radius 1 is 1.38 bits per heavy atom. The molecule has 0 bridgehead atoms. The highest BCUT2D eigenvalue weighted by molar-refractivity contribution is 6.30. The molecule has 0 saturated heterocycles. The van der Waals surface area contributed by atoms with Crippen LogP contribution in [0.1, 0.15) is 17.7 Å². The molecule has 0 atom stereocenters. The predicted molar refractivity (Wildman–Crippen MR) is 47.8 cm³/mol. The molecule has 1 aliphatic rings. The van der Waals surface area contributed by atoms with Crippen molar-refractivity contribution < 1.29 is 0 Å². The maximum absolute atomic E-state index is 6.15. The number of rotatable bonds is 0. The van der Waals surface area contributed by atoms with Gasteiger partial charge < -0.3 is 0 Å². The highest BCUT2D eigenvalue weighted by atomic mass is 35.5. The second kappa shape index (κ2) is 2.42. The number of halogens is 1. The number of nitrogens with zero attached hydrogens (tertiary/aromatic N) is 4. The van der Waals surface area contributed by atoms with E-state index in [0.717, 1.165) is 30.5 Å². The predicted octanol–water partition coefficient (Wildman–Crippen LogP) is 1.27. The average Bonchev–Trinajstić information content (AvgIpc) is 2.71. The Morgan fingerprint density at radius 3 is 3.23 bits per heavy atom. The van der Waals surface area contributed by atoms with Gasteiger partial charge in [-0.1, -0.05) is 11.6 Å². The molecule has 1 aliphatic carbocycles. The lowest BCUT2D eigenvalue weighted by atomic mass is 10.3. The van der Waals surface area contributed by atoms with Crippen LogP contribution in [0, 0.1) is 0 Å². The van der Waals surface area contributed by atoms with Gasteiger partial charge in [0.25, 0.3) is 5.78 Å². The Morgan fingerprint density at radius 2 is 2.31 bits per heavy atom. The van der Waals surface area contributed by atoms with E-state index in [0.29, 0.717) is 10.9 Å². The van der Waals surface area contributed by atoms with Crippen LogP contribution < -0.4 is 0 Å². The zero-order valence-electron chi connectivity index (χ0n) is 6.87. The Bertz CT molecular complexity index is 476. The van der Waals surface area contributed by atoms with Crippen LogP contribution in [0.5, 0.6) is 0 Å². The summed E-state index contributed by atoms with van der Waals surface area (Å²) in [6, 6.07) is 0. The van der Waals surface area contributed by atoms with E-state index in [1.807, 2.05) is 0 Å². The molecule has 13 heavy (non-hydrogen) atoms. The molecule has 0 aliphatic heterocycles. The molecule has 0 radical (unpaired) electrons. The molecule has 0 aromatic carbocycles. The van der Waals surface area contributed by atoms with Crippen molar-refractivity contribution in [1.29, 1.82) is 0 Å². The summed E-state index contributed by atoms with van der Waals surface area (Å²) in [6.45, 7) is 0. The number of aromatic nitrogens is 4. The summed E-state index contributed by atoms with van der Waals surface area (Å²) in [5.41, 5.74) is 2.23. The Labute approximate surface area is 79.6 Å². The summed E-state index contributed by atoms with van der Waals surface area (Å²) in [5.74, 6) is 0.602. The van der Waals surface area contributed by atoms with Gasteiger partial charge in [-0.05, 0) is 19.3 Å². The first-order valence-electron chi connectivity index (χ1n) is 4.23. The van der Waals surface area contributed by atoms with Crippen LogP contribution in [0.25, 0.3) is 5.78 Å². The standard InChI is InChI=1S/C8H7ClN4/c9-7-5-2-1-3-6(5)12-8-10-4-11-13(7)8/h4H,1-3H2. The molecule has 2 aromatic rings. The van der Waals surface area contributed by atoms with Crippen molar-refractivity contribution in [2.45, 2.75) is 19.3 Å². The van der Waals surface area contributed by atoms with E-state index in [1.54, 1.807) is 4.52 Å². The van der Waals surface area contributed by atoms with Crippen LogP contribution >= 0.6 is 11.6 Å². The third-order valence-corrected chi connectivity index (χ3v) is 2.78. The second-order valence-electron chi connectivity index (χ2n) is 3.15. The van der Waals surface area contributed by atoms with Crippen LogP contribution in [-0.4, -0.2) is 19.6 Å². The number of hydrogen-bond acceptors (Lipinski definition) is 3. The van der Waals surface area contributed by atoms with E-state index in [-0.39, 0.29) is 0 Å². The fraction of sp³-hybridized carbons (Fsp3) is 0.375. The van der Waals surface area contributed by atoms with E-state index < -0.39 is 0 Å². The maximum atomic E-state index is 6.15. The third-order valence-electron chi connectivity index (χ3n) is 2.39. The van der Waals surface area contributed by atoms with Gasteiger partial charge in [0, 0.05) is 5.56 Å². The van der Waals surface area contributed by atoms with Gasteiger partial charge in [-0.15, -0.1) is 0 Å². The van der Waals surface area contributed by atoms with Crippen LogP contribution in [0.2, 0.25) is 5.15 Å². The summed E-state index contributed by atoms with van der Waals surface area (Å²) in [7, 11) is 0. The van der Waals surface area contributed by atoms with E-state index in [1.165, 1.54) is 6.33 Å². The first-order chi connectivity index (χ1) is 6.36. The van der Waals surface area contributed by atoms with E-state index >= 15 is 0 Å². The lowest BCUT2D eigenvalue weighted by Crippen LogP contribution is -1.99. The quantitative estimate of drug-likeness (QED) is 0.594. The summed E-state index contributed by atoms with van der Waals surface area (Å²) >= 11 is 6.15. The molecule has 0 spiro atoms. The molecular weight excluding hydrogens is 188 g/mol. The zero-order valence-corrected chi connectivity index (χ0v) is 7.62. The van der Waals surface area contributed by atoms with Crippen molar-refractivity contribution in [3.63, 3.8) is 0 Å². The van der Waals surface area contributed by atoms with Crippen molar-refractivity contribution in [3.8, 4) is 0 Å². The van der Waals surface area contributed by atoms with Gasteiger partial charge in [0.15, 0.2) is 0 Å². The first kappa shape index (κ1) is 7.26. The van der Waals surface area contributed by atoms with Gasteiger partial charge in [0.2, 0.25) is 0 Å². The fourth-order valence-corrected chi connectivity index (χ4v) is 2.09. The van der Waals surface area contributed by atoms with Gasteiger partial charge in [-0.3, -0.25) is 0 Å². The van der Waals surface area contributed by atoms with E-state index in [2.05, 4.69) is 15.1 Å². The SMILES string of the molecule is Clc1c2c(nc3ncnn13)CCC2. The smallest absolute Gasteiger partial charge is 0.216 e. The molecule has 4 nitrogen and oxygen atoms in total. The van der Waals surface area contributed by atoms with Gasteiger partial charge >= 0.3 is 0 Å². The Hall–Kier alpha value is -1.16. The lowest BCUT2D eigenvalue weighted by molar-refractivity contribution is 0.900. The highest BCUT2D eigenvalue weighted by Gasteiger charge is 2.19. The monoisotopic (exact) mass is 194 g/mol. The minimum absolute atomic E-state index is 0.602. The van der Waals surface area contributed by atoms with Gasteiger partial charge in [0.1, 0.15) is 11.5 Å². The molecule has 66 valence electrons. The van der Waals surface area contributed by atoms with Crippen LogP contribution in [0.3, 0.4) is 0 Å². The second-order valence-corrected chi connectivity index (χ2v) is 3.51. The Balaban J connectivity index is 2.45. The maximum Gasteiger partial charge on any atom is 0.253 e. The highest BCUT2D eigenvalue weighted by Crippen LogP contribution is 2.27. The van der Waals surface area contributed by atoms with Crippen LogP contribution in [0.4, 0.5) is 0 Å². The minimum atomic E-state index is 0.602. The zero-order chi connectivity index (χ0) is 8.84. The molecular formula is C8H7ClN4. The molecule has 0 unspecified atom stereocenters. The number of hydrogen-bond donors (Lipinski definition) is 0. The number of aryl methyl sites for hydroxylation is 1.